The number of hydrogen-bond donors (Lipinski definition) is 0. The van der Waals surface area contributed by atoms with E-state index in [1.807, 2.05) is 12.1 Å². The first-order chi connectivity index (χ1) is 31.8. The van der Waals surface area contributed by atoms with Crippen LogP contribution in [0, 0.1) is 0 Å². The quantitative estimate of drug-likeness (QED) is 0.160. The van der Waals surface area contributed by atoms with Crippen LogP contribution in [0.5, 0.6) is 0 Å². The van der Waals surface area contributed by atoms with Crippen molar-refractivity contribution in [2.24, 2.45) is 0 Å². The van der Waals surface area contributed by atoms with Crippen molar-refractivity contribution in [3.8, 4) is 33.4 Å². The fourth-order valence-corrected chi connectivity index (χ4v) is 10.6. The van der Waals surface area contributed by atoms with Gasteiger partial charge in [0.05, 0.1) is 11.1 Å². The van der Waals surface area contributed by atoms with Crippen LogP contribution in [-0.2, 0) is 5.41 Å². The van der Waals surface area contributed by atoms with Crippen LogP contribution in [0.15, 0.2) is 245 Å². The second kappa shape index (κ2) is 14.3. The number of fused-ring (bicyclic) bond motifs is 9. The number of furan rings is 2. The van der Waals surface area contributed by atoms with E-state index in [1.165, 1.54) is 33.4 Å². The van der Waals surface area contributed by atoms with Crippen molar-refractivity contribution < 1.29 is 8.83 Å². The zero-order chi connectivity index (χ0) is 42.2. The molecule has 0 amide bonds. The first-order valence-corrected chi connectivity index (χ1v) is 21.9. The van der Waals surface area contributed by atoms with Gasteiger partial charge in [0.1, 0.15) is 22.3 Å². The molecule has 0 unspecified atom stereocenters. The van der Waals surface area contributed by atoms with Crippen molar-refractivity contribution in [1.29, 1.82) is 0 Å². The first-order valence-electron chi connectivity index (χ1n) is 21.9. The highest BCUT2D eigenvalue weighted by Gasteiger charge is 2.49. The van der Waals surface area contributed by atoms with Crippen molar-refractivity contribution in [3.63, 3.8) is 0 Å². The Morgan fingerprint density at radius 3 is 1.42 bits per heavy atom. The minimum Gasteiger partial charge on any atom is -0.456 e. The average molecular weight is 818 g/mol. The van der Waals surface area contributed by atoms with E-state index in [2.05, 4.69) is 229 Å². The Kier molecular flexibility index (Phi) is 8.13. The molecule has 0 atom stereocenters. The number of para-hydroxylation sites is 3. The Labute approximate surface area is 370 Å². The summed E-state index contributed by atoms with van der Waals surface area (Å²) in [6.45, 7) is 0. The Morgan fingerprint density at radius 1 is 0.312 bits per heavy atom. The number of hydrogen-bond acceptors (Lipinski definition) is 3. The summed E-state index contributed by atoms with van der Waals surface area (Å²) in [6.07, 6.45) is 0. The molecule has 0 spiro atoms. The lowest BCUT2D eigenvalue weighted by Gasteiger charge is -2.38. The molecular weight excluding hydrogens is 779 g/mol. The molecule has 0 radical (unpaired) electrons. The highest BCUT2D eigenvalue weighted by Crippen LogP contribution is 2.60. The van der Waals surface area contributed by atoms with Crippen LogP contribution in [0.25, 0.3) is 77.3 Å². The normalized spacial score (nSPS) is 12.8. The molecule has 64 heavy (non-hydrogen) atoms. The van der Waals surface area contributed by atoms with Crippen LogP contribution in [0.2, 0.25) is 0 Å². The highest BCUT2D eigenvalue weighted by atomic mass is 16.3. The number of nitrogens with zero attached hydrogens (tertiary/aromatic N) is 1. The van der Waals surface area contributed by atoms with E-state index in [4.69, 9.17) is 8.83 Å². The minimum absolute atomic E-state index is 0.754. The van der Waals surface area contributed by atoms with Crippen molar-refractivity contribution >= 4 is 60.9 Å². The first kappa shape index (κ1) is 36.3. The molecule has 0 N–H and O–H groups in total. The fourth-order valence-electron chi connectivity index (χ4n) is 10.6. The second-order valence-corrected chi connectivity index (χ2v) is 16.7. The smallest absolute Gasteiger partial charge is 0.143 e. The van der Waals surface area contributed by atoms with Gasteiger partial charge >= 0.3 is 0 Å². The van der Waals surface area contributed by atoms with Crippen LogP contribution in [0.3, 0.4) is 0 Å². The van der Waals surface area contributed by atoms with Gasteiger partial charge in [-0.2, -0.15) is 0 Å². The van der Waals surface area contributed by atoms with E-state index in [0.717, 1.165) is 83.2 Å². The monoisotopic (exact) mass is 817 g/mol. The van der Waals surface area contributed by atoms with Gasteiger partial charge in [0.15, 0.2) is 0 Å². The lowest BCUT2D eigenvalue weighted by atomic mass is 9.66. The van der Waals surface area contributed by atoms with Gasteiger partial charge in [-0.1, -0.05) is 188 Å². The molecule has 0 saturated heterocycles. The molecule has 1 aliphatic carbocycles. The standard InChI is InChI=1S/C61H39NO2/c1-3-16-40(17-4-1)41-30-34-44(35-31-41)62(45-36-32-42(33-37-45)46-24-15-25-51-49-22-9-13-28-56(49)63-59(46)51)55-39-38-52-50-23-10-14-29-57(50)64-60(52)58(55)61(43-18-5-2-6-19-43)53-26-11-7-20-47(53)48-21-8-12-27-54(48)61/h1-39H. The second-order valence-electron chi connectivity index (χ2n) is 16.7. The van der Waals surface area contributed by atoms with Crippen molar-refractivity contribution in [3.05, 3.63) is 259 Å². The lowest BCUT2D eigenvalue weighted by Crippen LogP contribution is -2.31. The third-order valence-electron chi connectivity index (χ3n) is 13.4. The van der Waals surface area contributed by atoms with Crippen LogP contribution < -0.4 is 4.90 Å². The van der Waals surface area contributed by atoms with Crippen LogP contribution in [0.1, 0.15) is 22.3 Å². The molecule has 0 bridgehead atoms. The predicted octanol–water partition coefficient (Wildman–Crippen LogP) is 16.7. The van der Waals surface area contributed by atoms with Crippen LogP contribution >= 0.6 is 0 Å². The Balaban J connectivity index is 1.11. The summed E-state index contributed by atoms with van der Waals surface area (Å²) < 4.78 is 13.7. The maximum Gasteiger partial charge on any atom is 0.143 e. The SMILES string of the molecule is c1ccc(-c2ccc(N(c3ccc(-c4cccc5c4oc4ccccc45)cc3)c3ccc4c(oc5ccccc54)c3C3(c4ccccc4)c4ccccc4-c4ccccc43)cc2)cc1. The Hall–Kier alpha value is -8.40. The molecule has 2 aromatic heterocycles. The molecule has 0 saturated carbocycles. The van der Waals surface area contributed by atoms with Crippen LogP contribution in [0.4, 0.5) is 17.1 Å². The molecule has 3 nitrogen and oxygen atoms in total. The summed E-state index contributed by atoms with van der Waals surface area (Å²) in [5.41, 5.74) is 17.5. The molecule has 13 rings (SSSR count). The molecular formula is C61H39NO2. The summed E-state index contributed by atoms with van der Waals surface area (Å²) in [7, 11) is 0. The summed E-state index contributed by atoms with van der Waals surface area (Å²) in [6, 6.07) is 85.2. The zero-order valence-electron chi connectivity index (χ0n) is 34.8. The van der Waals surface area contributed by atoms with Gasteiger partial charge < -0.3 is 13.7 Å². The number of rotatable bonds is 7. The highest BCUT2D eigenvalue weighted by molar-refractivity contribution is 6.11. The van der Waals surface area contributed by atoms with E-state index >= 15 is 0 Å². The average Bonchev–Trinajstić information content (AvgIpc) is 4.04. The molecule has 0 fully saturated rings. The summed E-state index contributed by atoms with van der Waals surface area (Å²) in [5.74, 6) is 0. The predicted molar refractivity (Wildman–Crippen MR) is 264 cm³/mol. The Bertz CT molecular complexity index is 3670. The lowest BCUT2D eigenvalue weighted by molar-refractivity contribution is 0.648. The number of benzene rings is 10. The van der Waals surface area contributed by atoms with Gasteiger partial charge in [0.25, 0.3) is 0 Å². The molecule has 12 aromatic rings. The minimum atomic E-state index is -0.754. The summed E-state index contributed by atoms with van der Waals surface area (Å²) >= 11 is 0. The van der Waals surface area contributed by atoms with Crippen LogP contribution in [-0.4, -0.2) is 0 Å². The van der Waals surface area contributed by atoms with Gasteiger partial charge in [-0.25, -0.2) is 0 Å². The van der Waals surface area contributed by atoms with Gasteiger partial charge in [-0.15, -0.1) is 0 Å². The third-order valence-corrected chi connectivity index (χ3v) is 13.4. The number of anilines is 3. The summed E-state index contributed by atoms with van der Waals surface area (Å²) in [5, 5.41) is 4.41. The summed E-state index contributed by atoms with van der Waals surface area (Å²) in [4.78, 5) is 2.43. The van der Waals surface area contributed by atoms with E-state index in [1.54, 1.807) is 0 Å². The fraction of sp³-hybridized carbons (Fsp3) is 0.0164. The van der Waals surface area contributed by atoms with Gasteiger partial charge in [0.2, 0.25) is 0 Å². The van der Waals surface area contributed by atoms with E-state index in [0.29, 0.717) is 0 Å². The van der Waals surface area contributed by atoms with Gasteiger partial charge in [-0.3, -0.25) is 0 Å². The third kappa shape index (κ3) is 5.34. The molecule has 10 aromatic carbocycles. The molecule has 2 heterocycles. The Morgan fingerprint density at radius 2 is 0.781 bits per heavy atom. The largest absolute Gasteiger partial charge is 0.456 e. The van der Waals surface area contributed by atoms with Gasteiger partial charge in [0, 0.05) is 44.0 Å². The maximum absolute atomic E-state index is 7.22. The van der Waals surface area contributed by atoms with E-state index < -0.39 is 5.41 Å². The topological polar surface area (TPSA) is 29.5 Å². The molecule has 0 aliphatic heterocycles. The van der Waals surface area contributed by atoms with Gasteiger partial charge in [-0.05, 0) is 93.0 Å². The zero-order valence-corrected chi connectivity index (χ0v) is 34.8. The van der Waals surface area contributed by atoms with E-state index in [-0.39, 0.29) is 0 Å². The molecule has 3 heteroatoms. The van der Waals surface area contributed by atoms with Crippen molar-refractivity contribution in [2.45, 2.75) is 5.41 Å². The molecule has 1 aliphatic rings. The van der Waals surface area contributed by atoms with Crippen molar-refractivity contribution in [2.75, 3.05) is 4.90 Å². The molecule has 300 valence electrons. The van der Waals surface area contributed by atoms with E-state index in [9.17, 15) is 0 Å². The van der Waals surface area contributed by atoms with Crippen molar-refractivity contribution in [1.82, 2.24) is 0 Å². The maximum atomic E-state index is 7.22.